The normalized spacial score (nSPS) is 15.6. The summed E-state index contributed by atoms with van der Waals surface area (Å²) >= 11 is 3.73. The Labute approximate surface area is 210 Å². The summed E-state index contributed by atoms with van der Waals surface area (Å²) < 4.78 is 24.5. The molecule has 1 aliphatic heterocycles. The zero-order valence-electron chi connectivity index (χ0n) is 19.7. The molecule has 0 amide bonds. The van der Waals surface area contributed by atoms with Crippen LogP contribution in [0.15, 0.2) is 65.1 Å². The molecule has 2 heterocycles. The topological polar surface area (TPSA) is 49.8 Å². The summed E-state index contributed by atoms with van der Waals surface area (Å²) in [6, 6.07) is 20.3. The van der Waals surface area contributed by atoms with Crippen molar-refractivity contribution in [2.45, 2.75) is 51.7 Å². The molecule has 1 atom stereocenters. The third-order valence-electron chi connectivity index (χ3n) is 5.78. The van der Waals surface area contributed by atoms with E-state index in [4.69, 9.17) is 23.9 Å². The molecule has 180 valence electrons. The van der Waals surface area contributed by atoms with Crippen molar-refractivity contribution in [1.82, 2.24) is 4.98 Å². The summed E-state index contributed by atoms with van der Waals surface area (Å²) in [4.78, 5) is 4.81. The van der Waals surface area contributed by atoms with Gasteiger partial charge in [-0.15, -0.1) is 0 Å². The van der Waals surface area contributed by atoms with Gasteiger partial charge >= 0.3 is 0 Å². The SMILES string of the molecule is CCOc1ccc(CCc2nc(OCC3CCCCO3)cc(OCc3ccccc3)c2Br)cc1. The number of aromatic nitrogens is 1. The van der Waals surface area contributed by atoms with Gasteiger partial charge in [0.15, 0.2) is 0 Å². The summed E-state index contributed by atoms with van der Waals surface area (Å²) in [6.07, 6.45) is 5.07. The molecule has 0 N–H and O–H groups in total. The van der Waals surface area contributed by atoms with Gasteiger partial charge in [-0.25, -0.2) is 4.98 Å². The highest BCUT2D eigenvalue weighted by atomic mass is 79.9. The zero-order chi connectivity index (χ0) is 23.6. The Hall–Kier alpha value is -2.57. The van der Waals surface area contributed by atoms with Gasteiger partial charge in [0.2, 0.25) is 5.88 Å². The number of halogens is 1. The van der Waals surface area contributed by atoms with E-state index in [0.717, 1.165) is 59.5 Å². The quantitative estimate of drug-likeness (QED) is 0.284. The molecule has 6 heteroatoms. The Kier molecular flexibility index (Phi) is 9.22. The Balaban J connectivity index is 1.47. The number of ether oxygens (including phenoxy) is 4. The van der Waals surface area contributed by atoms with E-state index in [1.807, 2.05) is 43.3 Å². The predicted octanol–water partition coefficient (Wildman–Crippen LogP) is 6.55. The molecule has 34 heavy (non-hydrogen) atoms. The van der Waals surface area contributed by atoms with Gasteiger partial charge in [0, 0.05) is 12.7 Å². The van der Waals surface area contributed by atoms with Gasteiger partial charge in [0.1, 0.15) is 24.7 Å². The maximum Gasteiger partial charge on any atom is 0.217 e. The summed E-state index contributed by atoms with van der Waals surface area (Å²) in [7, 11) is 0. The highest BCUT2D eigenvalue weighted by molar-refractivity contribution is 9.10. The zero-order valence-corrected chi connectivity index (χ0v) is 21.3. The number of nitrogens with zero attached hydrogens (tertiary/aromatic N) is 1. The Morgan fingerprint density at radius 1 is 0.941 bits per heavy atom. The molecule has 1 fully saturated rings. The van der Waals surface area contributed by atoms with Gasteiger partial charge in [0.05, 0.1) is 22.9 Å². The predicted molar refractivity (Wildman–Crippen MR) is 137 cm³/mol. The molecule has 0 radical (unpaired) electrons. The first-order valence-corrected chi connectivity index (χ1v) is 12.8. The number of pyridine rings is 1. The lowest BCUT2D eigenvalue weighted by Gasteiger charge is -2.22. The second kappa shape index (κ2) is 12.8. The fraction of sp³-hybridized carbons (Fsp3) is 0.393. The maximum atomic E-state index is 6.18. The van der Waals surface area contributed by atoms with Crippen molar-refractivity contribution in [3.63, 3.8) is 0 Å². The monoisotopic (exact) mass is 525 g/mol. The van der Waals surface area contributed by atoms with Crippen molar-refractivity contribution < 1.29 is 18.9 Å². The van der Waals surface area contributed by atoms with Crippen molar-refractivity contribution in [2.24, 2.45) is 0 Å². The van der Waals surface area contributed by atoms with Gasteiger partial charge in [0.25, 0.3) is 0 Å². The molecule has 1 unspecified atom stereocenters. The number of hydrogen-bond acceptors (Lipinski definition) is 5. The van der Waals surface area contributed by atoms with Crippen LogP contribution in [0.3, 0.4) is 0 Å². The van der Waals surface area contributed by atoms with Crippen molar-refractivity contribution in [3.05, 3.63) is 82.0 Å². The van der Waals surface area contributed by atoms with Gasteiger partial charge in [-0.05, 0) is 78.2 Å². The Morgan fingerprint density at radius 3 is 2.50 bits per heavy atom. The van der Waals surface area contributed by atoms with E-state index in [1.54, 1.807) is 0 Å². The smallest absolute Gasteiger partial charge is 0.217 e. The van der Waals surface area contributed by atoms with E-state index >= 15 is 0 Å². The first-order chi connectivity index (χ1) is 16.7. The highest BCUT2D eigenvalue weighted by Crippen LogP contribution is 2.33. The number of benzene rings is 2. The van der Waals surface area contributed by atoms with Gasteiger partial charge in [-0.3, -0.25) is 0 Å². The lowest BCUT2D eigenvalue weighted by atomic mass is 10.1. The molecule has 0 spiro atoms. The third-order valence-corrected chi connectivity index (χ3v) is 6.63. The first-order valence-electron chi connectivity index (χ1n) is 12.0. The van der Waals surface area contributed by atoms with Crippen LogP contribution in [0.25, 0.3) is 0 Å². The van der Waals surface area contributed by atoms with E-state index in [1.165, 1.54) is 12.0 Å². The van der Waals surface area contributed by atoms with Gasteiger partial charge in [-0.2, -0.15) is 0 Å². The molecule has 5 nitrogen and oxygen atoms in total. The summed E-state index contributed by atoms with van der Waals surface area (Å²) in [5.74, 6) is 2.20. The van der Waals surface area contributed by atoms with Crippen LogP contribution in [0.2, 0.25) is 0 Å². The van der Waals surface area contributed by atoms with Gasteiger partial charge in [-0.1, -0.05) is 42.5 Å². The third kappa shape index (κ3) is 7.21. The van der Waals surface area contributed by atoms with Crippen molar-refractivity contribution in [1.29, 1.82) is 0 Å². The molecular formula is C28H32BrNO4. The van der Waals surface area contributed by atoms with Crippen LogP contribution in [-0.2, 0) is 24.2 Å². The second-order valence-electron chi connectivity index (χ2n) is 8.37. The molecule has 2 aromatic carbocycles. The van der Waals surface area contributed by atoms with Crippen molar-refractivity contribution in [3.8, 4) is 17.4 Å². The highest BCUT2D eigenvalue weighted by Gasteiger charge is 2.17. The molecular weight excluding hydrogens is 494 g/mol. The molecule has 0 bridgehead atoms. The van der Waals surface area contributed by atoms with Crippen molar-refractivity contribution in [2.75, 3.05) is 19.8 Å². The lowest BCUT2D eigenvalue weighted by Crippen LogP contribution is -2.26. The van der Waals surface area contributed by atoms with E-state index in [9.17, 15) is 0 Å². The van der Waals surface area contributed by atoms with E-state index < -0.39 is 0 Å². The summed E-state index contributed by atoms with van der Waals surface area (Å²) in [6.45, 7) is 4.45. The van der Waals surface area contributed by atoms with Crippen molar-refractivity contribution >= 4 is 15.9 Å². The number of rotatable bonds is 11. The second-order valence-corrected chi connectivity index (χ2v) is 9.16. The van der Waals surface area contributed by atoms with E-state index in [2.05, 4.69) is 40.2 Å². The molecule has 3 aromatic rings. The van der Waals surface area contributed by atoms with Gasteiger partial charge < -0.3 is 18.9 Å². The fourth-order valence-corrected chi connectivity index (χ4v) is 4.43. The average molecular weight is 526 g/mol. The van der Waals surface area contributed by atoms with Crippen LogP contribution < -0.4 is 14.2 Å². The van der Waals surface area contributed by atoms with Crippen LogP contribution in [0.4, 0.5) is 0 Å². The maximum absolute atomic E-state index is 6.18. The minimum atomic E-state index is 0.125. The van der Waals surface area contributed by atoms with E-state index in [-0.39, 0.29) is 6.10 Å². The average Bonchev–Trinajstić information content (AvgIpc) is 2.89. The largest absolute Gasteiger partial charge is 0.494 e. The Bertz CT molecular complexity index is 1020. The fourth-order valence-electron chi connectivity index (χ4n) is 3.91. The number of hydrogen-bond donors (Lipinski definition) is 0. The molecule has 1 aliphatic rings. The summed E-state index contributed by atoms with van der Waals surface area (Å²) in [5, 5.41) is 0. The molecule has 0 saturated carbocycles. The lowest BCUT2D eigenvalue weighted by molar-refractivity contribution is -0.0120. The number of aryl methyl sites for hydroxylation is 2. The Morgan fingerprint density at radius 2 is 1.76 bits per heavy atom. The minimum Gasteiger partial charge on any atom is -0.494 e. The molecule has 1 aromatic heterocycles. The molecule has 0 aliphatic carbocycles. The van der Waals surface area contributed by atoms with Crippen LogP contribution >= 0.6 is 15.9 Å². The van der Waals surface area contributed by atoms with Crippen LogP contribution in [0, 0.1) is 0 Å². The molecule has 1 saturated heterocycles. The van der Waals surface area contributed by atoms with Crippen LogP contribution in [0.1, 0.15) is 43.0 Å². The van der Waals surface area contributed by atoms with Crippen LogP contribution in [-0.4, -0.2) is 30.9 Å². The standard InChI is InChI=1S/C28H32BrNO4/c1-2-31-23-14-11-21(12-15-23)13-16-25-28(29)26(33-19-22-8-4-3-5-9-22)18-27(30-25)34-20-24-10-6-7-17-32-24/h3-5,8-9,11-12,14-15,18,24H,2,6-7,10,13,16-17,19-20H2,1H3. The van der Waals surface area contributed by atoms with E-state index in [0.29, 0.717) is 25.7 Å². The summed E-state index contributed by atoms with van der Waals surface area (Å²) in [5.41, 5.74) is 3.25. The molecule has 4 rings (SSSR count). The van der Waals surface area contributed by atoms with Crippen LogP contribution in [0.5, 0.6) is 17.4 Å². The first kappa shape index (κ1) is 24.6. The minimum absolute atomic E-state index is 0.125.